The lowest BCUT2D eigenvalue weighted by Gasteiger charge is -2.46. The number of aromatic nitrogens is 1. The summed E-state index contributed by atoms with van der Waals surface area (Å²) < 4.78 is 2.51. The van der Waals surface area contributed by atoms with Gasteiger partial charge in [-0.15, -0.1) is 0 Å². The Hall–Kier alpha value is -9.90. The van der Waals surface area contributed by atoms with Crippen LogP contribution in [0.4, 0.5) is 34.1 Å². The van der Waals surface area contributed by atoms with Gasteiger partial charge in [-0.3, -0.25) is 0 Å². The fourth-order valence-corrected chi connectivity index (χ4v) is 15.5. The van der Waals surface area contributed by atoms with Crippen LogP contribution in [0.25, 0.3) is 83.1 Å². The molecule has 0 radical (unpaired) electrons. The highest BCUT2D eigenvalue weighted by atomic mass is 15.2. The second-order valence-electron chi connectivity index (χ2n) is 23.5. The predicted octanol–water partition coefficient (Wildman–Crippen LogP) is 19.1. The van der Waals surface area contributed by atoms with Crippen LogP contribution in [0.5, 0.6) is 0 Å². The topological polar surface area (TPSA) is 11.4 Å². The van der Waals surface area contributed by atoms with E-state index in [1.165, 1.54) is 159 Å². The molecule has 2 aliphatic heterocycles. The van der Waals surface area contributed by atoms with E-state index in [9.17, 15) is 0 Å². The zero-order chi connectivity index (χ0) is 54.5. The first-order valence-electron chi connectivity index (χ1n) is 29.8. The third-order valence-electron chi connectivity index (χ3n) is 19.0. The van der Waals surface area contributed by atoms with Gasteiger partial charge in [-0.1, -0.05) is 249 Å². The van der Waals surface area contributed by atoms with Crippen LogP contribution in [-0.2, 0) is 0 Å². The van der Waals surface area contributed by atoms with Gasteiger partial charge in [-0.2, -0.15) is 0 Å². The predicted molar refractivity (Wildman–Crippen MR) is 350 cm³/mol. The molecule has 4 heteroatoms. The molecule has 1 unspecified atom stereocenters. The van der Waals surface area contributed by atoms with Crippen molar-refractivity contribution in [2.24, 2.45) is 11.8 Å². The largest absolute Gasteiger partial charge is 0.310 e. The molecule has 0 spiro atoms. The number of fused-ring (bicyclic) bond motifs is 9. The van der Waals surface area contributed by atoms with E-state index >= 15 is 0 Å². The first-order valence-corrected chi connectivity index (χ1v) is 29.8. The minimum absolute atomic E-state index is 0.114. The molecule has 83 heavy (non-hydrogen) atoms. The quantitative estimate of drug-likeness (QED) is 0.134. The summed E-state index contributed by atoms with van der Waals surface area (Å²) in [6.07, 6.45) is 5.16. The Balaban J connectivity index is 1.04. The minimum Gasteiger partial charge on any atom is -0.310 e. The van der Waals surface area contributed by atoms with E-state index < -0.39 is 0 Å². The number of hydrogen-bond acceptors (Lipinski definition) is 2. The van der Waals surface area contributed by atoms with E-state index in [1.807, 2.05) is 0 Å². The molecule has 2 saturated carbocycles. The molecule has 17 rings (SSSR count). The van der Waals surface area contributed by atoms with Crippen molar-refractivity contribution < 1.29 is 0 Å². The molecule has 13 aromatic rings. The van der Waals surface area contributed by atoms with Gasteiger partial charge >= 0.3 is 0 Å². The summed E-state index contributed by atoms with van der Waals surface area (Å²) in [6, 6.07) is 108. The number of rotatable bonds is 9. The van der Waals surface area contributed by atoms with Crippen molar-refractivity contribution >= 4 is 79.0 Å². The van der Waals surface area contributed by atoms with Crippen molar-refractivity contribution in [2.75, 3.05) is 9.80 Å². The SMILES string of the molecule is c1ccc(-c2ccc3c(c2)N(c2c(-c4ccccc4)cccc2-c2ccccc2)c2cc(C4C[C@H]5CC[C@@H]4C5)cc4c2B3c2ccc(-n3c5ccccc5c5ccccc53)cc2N4c2c(-c3ccccc3)cccc2-c2ccccc2)cc1. The highest BCUT2D eigenvalue weighted by Crippen LogP contribution is 2.57. The monoisotopic (exact) mass is 1060 g/mol. The Bertz CT molecular complexity index is 4480. The highest BCUT2D eigenvalue weighted by molar-refractivity contribution is 7.00. The maximum atomic E-state index is 2.74. The van der Waals surface area contributed by atoms with E-state index in [0.717, 1.165) is 11.6 Å². The molecule has 0 saturated heterocycles. The molecule has 2 fully saturated rings. The Morgan fingerprint density at radius 2 is 0.759 bits per heavy atom. The summed E-state index contributed by atoms with van der Waals surface area (Å²) >= 11 is 0. The van der Waals surface area contributed by atoms with Crippen LogP contribution in [0, 0.1) is 11.8 Å². The minimum atomic E-state index is -0.114. The summed E-state index contributed by atoms with van der Waals surface area (Å²) in [6.45, 7) is -0.114. The lowest BCUT2D eigenvalue weighted by Crippen LogP contribution is -2.61. The normalized spacial score (nSPS) is 16.5. The molecule has 3 atom stereocenters. The first-order chi connectivity index (χ1) is 41.2. The second kappa shape index (κ2) is 19.4. The van der Waals surface area contributed by atoms with Gasteiger partial charge in [0.15, 0.2) is 0 Å². The second-order valence-corrected chi connectivity index (χ2v) is 23.5. The van der Waals surface area contributed by atoms with Crippen LogP contribution in [0.3, 0.4) is 0 Å². The molecule has 1 aromatic heterocycles. The summed E-state index contributed by atoms with van der Waals surface area (Å²) in [5.41, 5.74) is 28.1. The van der Waals surface area contributed by atoms with Gasteiger partial charge in [0.1, 0.15) is 0 Å². The number of nitrogens with zero attached hydrogens (tertiary/aromatic N) is 3. The maximum absolute atomic E-state index is 2.74. The van der Waals surface area contributed by atoms with Crippen molar-refractivity contribution in [3.63, 3.8) is 0 Å². The van der Waals surface area contributed by atoms with Crippen molar-refractivity contribution in [1.82, 2.24) is 4.57 Å². The lowest BCUT2D eigenvalue weighted by molar-refractivity contribution is 0.420. The average molecular weight is 1060 g/mol. The van der Waals surface area contributed by atoms with Gasteiger partial charge in [-0.25, -0.2) is 0 Å². The number of hydrogen-bond donors (Lipinski definition) is 0. The molecule has 4 aliphatic rings. The molecule has 3 nitrogen and oxygen atoms in total. The van der Waals surface area contributed by atoms with E-state index in [4.69, 9.17) is 0 Å². The maximum Gasteiger partial charge on any atom is 0.252 e. The van der Waals surface area contributed by atoms with Gasteiger partial charge in [0.2, 0.25) is 0 Å². The Labute approximate surface area is 486 Å². The van der Waals surface area contributed by atoms with Crippen LogP contribution in [0.1, 0.15) is 37.2 Å². The van der Waals surface area contributed by atoms with Crippen molar-refractivity contribution in [3.8, 4) is 61.3 Å². The van der Waals surface area contributed by atoms with Crippen molar-refractivity contribution in [2.45, 2.75) is 31.6 Å². The Morgan fingerprint density at radius 3 is 1.22 bits per heavy atom. The molecule has 0 amide bonds. The molecule has 2 bridgehead atoms. The Morgan fingerprint density at radius 1 is 0.325 bits per heavy atom. The van der Waals surface area contributed by atoms with Crippen LogP contribution < -0.4 is 26.2 Å². The van der Waals surface area contributed by atoms with Gasteiger partial charge in [0, 0.05) is 61.5 Å². The van der Waals surface area contributed by atoms with Crippen molar-refractivity contribution in [3.05, 3.63) is 291 Å². The highest BCUT2D eigenvalue weighted by Gasteiger charge is 2.47. The molecular formula is C79H58BN3. The molecule has 2 aliphatic carbocycles. The van der Waals surface area contributed by atoms with Crippen LogP contribution in [-0.4, -0.2) is 11.3 Å². The molecule has 0 N–H and O–H groups in total. The van der Waals surface area contributed by atoms with Crippen LogP contribution in [0.2, 0.25) is 0 Å². The number of para-hydroxylation sites is 4. The van der Waals surface area contributed by atoms with Gasteiger partial charge in [-0.05, 0) is 135 Å². The lowest BCUT2D eigenvalue weighted by atomic mass is 9.33. The van der Waals surface area contributed by atoms with E-state index in [1.54, 1.807) is 0 Å². The standard InChI is InChI=1S/C79H58BN3/c1-6-22-53(23-7-1)58-42-44-69-73(48-58)82(78-62(54-24-8-2-9-25-54)34-20-35-63(78)55-26-10-3-11-27-55)75-49-60(68-47-52-40-41-59(68)46-52)50-76-77(75)80(69)70-45-43-61(81-71-38-18-16-32-66(71)67-33-17-19-39-72(67)81)51-74(70)83(76)79-64(56-28-12-4-13-29-56)36-21-37-65(79)57-30-14-5-15-31-57/h1-39,42-45,48-52,59,68H,40-41,46-47H2/t52-,59+,68?/m0/s1. The van der Waals surface area contributed by atoms with Gasteiger partial charge in [0.05, 0.1) is 22.4 Å². The van der Waals surface area contributed by atoms with E-state index in [2.05, 4.69) is 299 Å². The smallest absolute Gasteiger partial charge is 0.252 e. The van der Waals surface area contributed by atoms with E-state index in [0.29, 0.717) is 11.8 Å². The van der Waals surface area contributed by atoms with Crippen molar-refractivity contribution in [1.29, 1.82) is 0 Å². The van der Waals surface area contributed by atoms with E-state index in [-0.39, 0.29) is 6.71 Å². The molecule has 3 heterocycles. The third kappa shape index (κ3) is 7.66. The van der Waals surface area contributed by atoms with Crippen LogP contribution in [0.15, 0.2) is 285 Å². The third-order valence-corrected chi connectivity index (χ3v) is 19.0. The summed E-state index contributed by atoms with van der Waals surface area (Å²) in [5.74, 6) is 1.85. The van der Waals surface area contributed by atoms with Crippen LogP contribution >= 0.6 is 0 Å². The molecule has 12 aromatic carbocycles. The Kier molecular flexibility index (Phi) is 11.2. The summed E-state index contributed by atoms with van der Waals surface area (Å²) in [4.78, 5) is 5.47. The van der Waals surface area contributed by atoms with Gasteiger partial charge in [0.25, 0.3) is 6.71 Å². The zero-order valence-corrected chi connectivity index (χ0v) is 46.1. The average Bonchev–Trinajstić information content (AvgIpc) is 1.48. The summed E-state index contributed by atoms with van der Waals surface area (Å²) in [5, 5.41) is 2.51. The molecule has 392 valence electrons. The summed E-state index contributed by atoms with van der Waals surface area (Å²) in [7, 11) is 0. The first kappa shape index (κ1) is 47.9. The number of benzene rings is 12. The zero-order valence-electron chi connectivity index (χ0n) is 46.1. The molecular weight excluding hydrogens is 1000 g/mol. The number of anilines is 6. The fraction of sp³-hybridized carbons (Fsp3) is 0.0886. The van der Waals surface area contributed by atoms with Gasteiger partial charge < -0.3 is 14.4 Å². The fourth-order valence-electron chi connectivity index (χ4n) is 15.5.